The van der Waals surface area contributed by atoms with Crippen LogP contribution in [0.5, 0.6) is 5.75 Å². The topological polar surface area (TPSA) is 21.3 Å². The van der Waals surface area contributed by atoms with E-state index >= 15 is 0 Å². The van der Waals surface area contributed by atoms with E-state index in [-0.39, 0.29) is 0 Å². The molecule has 0 aromatic heterocycles. The molecule has 0 bridgehead atoms. The van der Waals surface area contributed by atoms with E-state index in [4.69, 9.17) is 4.74 Å². The van der Waals surface area contributed by atoms with Gasteiger partial charge in [-0.1, -0.05) is 25.1 Å². The Balaban J connectivity index is 1.88. The van der Waals surface area contributed by atoms with E-state index in [9.17, 15) is 0 Å². The minimum Gasteiger partial charge on any atom is -0.496 e. The summed E-state index contributed by atoms with van der Waals surface area (Å²) < 4.78 is 5.41. The summed E-state index contributed by atoms with van der Waals surface area (Å²) in [6.45, 7) is 3.38. The van der Waals surface area contributed by atoms with Crippen LogP contribution in [0.25, 0.3) is 0 Å². The monoisotopic (exact) mass is 247 g/mol. The molecule has 2 heteroatoms. The van der Waals surface area contributed by atoms with E-state index < -0.39 is 0 Å². The molecule has 1 fully saturated rings. The van der Waals surface area contributed by atoms with Crippen molar-refractivity contribution in [2.24, 2.45) is 5.92 Å². The molecular formula is C16H25NO. The summed E-state index contributed by atoms with van der Waals surface area (Å²) in [5, 5.41) is 3.70. The number of ether oxygens (including phenoxy) is 1. The maximum Gasteiger partial charge on any atom is 0.122 e. The first-order valence-corrected chi connectivity index (χ1v) is 7.20. The van der Waals surface area contributed by atoms with Crippen LogP contribution in [0.15, 0.2) is 24.3 Å². The molecule has 1 atom stereocenters. The molecule has 1 aliphatic rings. The van der Waals surface area contributed by atoms with Crippen LogP contribution in [-0.2, 0) is 6.42 Å². The standard InChI is InChI=1S/C16H25NO/c1-3-12-17-15(13-8-9-13)11-10-14-6-4-5-7-16(14)18-2/h4-7,13,15,17H,3,8-12H2,1-2H3. The molecule has 2 rings (SSSR count). The zero-order valence-electron chi connectivity index (χ0n) is 11.6. The van der Waals surface area contributed by atoms with Gasteiger partial charge in [0.1, 0.15) is 5.75 Å². The Morgan fingerprint density at radius 3 is 2.78 bits per heavy atom. The van der Waals surface area contributed by atoms with Gasteiger partial charge in [0.25, 0.3) is 0 Å². The lowest BCUT2D eigenvalue weighted by atomic mass is 10.0. The Bertz CT molecular complexity index is 360. The summed E-state index contributed by atoms with van der Waals surface area (Å²) in [4.78, 5) is 0. The summed E-state index contributed by atoms with van der Waals surface area (Å²) in [5.41, 5.74) is 1.34. The minimum atomic E-state index is 0.704. The SMILES string of the molecule is CCCNC(CCc1ccccc1OC)C1CC1. The maximum absolute atomic E-state index is 5.41. The highest BCUT2D eigenvalue weighted by molar-refractivity contribution is 5.33. The van der Waals surface area contributed by atoms with Gasteiger partial charge in [-0.3, -0.25) is 0 Å². The zero-order valence-corrected chi connectivity index (χ0v) is 11.6. The number of hydrogen-bond acceptors (Lipinski definition) is 2. The first kappa shape index (κ1) is 13.4. The van der Waals surface area contributed by atoms with Gasteiger partial charge in [-0.05, 0) is 56.2 Å². The Morgan fingerprint density at radius 2 is 2.11 bits per heavy atom. The minimum absolute atomic E-state index is 0.704. The van der Waals surface area contributed by atoms with Crippen LogP contribution in [-0.4, -0.2) is 19.7 Å². The van der Waals surface area contributed by atoms with E-state index in [1.807, 2.05) is 6.07 Å². The second-order valence-corrected chi connectivity index (χ2v) is 5.25. The van der Waals surface area contributed by atoms with Gasteiger partial charge in [0.15, 0.2) is 0 Å². The summed E-state index contributed by atoms with van der Waals surface area (Å²) in [5.74, 6) is 1.95. The van der Waals surface area contributed by atoms with Gasteiger partial charge in [-0.15, -0.1) is 0 Å². The largest absolute Gasteiger partial charge is 0.496 e. The van der Waals surface area contributed by atoms with Crippen LogP contribution in [0, 0.1) is 5.92 Å². The van der Waals surface area contributed by atoms with Crippen molar-refractivity contribution < 1.29 is 4.74 Å². The molecule has 1 aromatic carbocycles. The third-order valence-electron chi connectivity index (χ3n) is 3.76. The molecule has 0 radical (unpaired) electrons. The normalized spacial score (nSPS) is 16.6. The van der Waals surface area contributed by atoms with E-state index in [0.29, 0.717) is 6.04 Å². The van der Waals surface area contributed by atoms with Gasteiger partial charge in [-0.2, -0.15) is 0 Å². The van der Waals surface area contributed by atoms with Crippen LogP contribution >= 0.6 is 0 Å². The van der Waals surface area contributed by atoms with E-state index in [1.165, 1.54) is 31.2 Å². The van der Waals surface area contributed by atoms with Gasteiger partial charge in [0, 0.05) is 6.04 Å². The smallest absolute Gasteiger partial charge is 0.122 e. The molecule has 2 nitrogen and oxygen atoms in total. The van der Waals surface area contributed by atoms with Crippen LogP contribution < -0.4 is 10.1 Å². The van der Waals surface area contributed by atoms with Crippen LogP contribution in [0.2, 0.25) is 0 Å². The Labute approximate surface area is 111 Å². The molecule has 0 aliphatic heterocycles. The van der Waals surface area contributed by atoms with Crippen molar-refractivity contribution in [3.8, 4) is 5.75 Å². The number of aryl methyl sites for hydroxylation is 1. The van der Waals surface area contributed by atoms with Crippen molar-refractivity contribution in [3.05, 3.63) is 29.8 Å². The van der Waals surface area contributed by atoms with Crippen molar-refractivity contribution in [1.82, 2.24) is 5.32 Å². The third-order valence-corrected chi connectivity index (χ3v) is 3.76. The second kappa shape index (κ2) is 6.79. The van der Waals surface area contributed by atoms with Crippen LogP contribution in [0.3, 0.4) is 0 Å². The van der Waals surface area contributed by atoms with E-state index in [1.54, 1.807) is 7.11 Å². The average molecular weight is 247 g/mol. The predicted molar refractivity (Wildman–Crippen MR) is 76.1 cm³/mol. The summed E-state index contributed by atoms with van der Waals surface area (Å²) in [6.07, 6.45) is 6.38. The van der Waals surface area contributed by atoms with Gasteiger partial charge >= 0.3 is 0 Å². The zero-order chi connectivity index (χ0) is 12.8. The molecule has 0 saturated heterocycles. The molecule has 100 valence electrons. The molecular weight excluding hydrogens is 222 g/mol. The van der Waals surface area contributed by atoms with Crippen molar-refractivity contribution in [2.45, 2.75) is 45.1 Å². The number of rotatable bonds is 8. The highest BCUT2D eigenvalue weighted by Gasteiger charge is 2.30. The maximum atomic E-state index is 5.41. The lowest BCUT2D eigenvalue weighted by Crippen LogP contribution is -2.32. The quantitative estimate of drug-likeness (QED) is 0.760. The summed E-state index contributed by atoms with van der Waals surface area (Å²) in [6, 6.07) is 9.08. The van der Waals surface area contributed by atoms with Crippen molar-refractivity contribution in [1.29, 1.82) is 0 Å². The fourth-order valence-corrected chi connectivity index (χ4v) is 2.55. The fraction of sp³-hybridized carbons (Fsp3) is 0.625. The molecule has 0 amide bonds. The molecule has 0 heterocycles. The third kappa shape index (κ3) is 3.74. The summed E-state index contributed by atoms with van der Waals surface area (Å²) >= 11 is 0. The number of para-hydroxylation sites is 1. The van der Waals surface area contributed by atoms with E-state index in [2.05, 4.69) is 30.4 Å². The molecule has 1 aliphatic carbocycles. The second-order valence-electron chi connectivity index (χ2n) is 5.25. The fourth-order valence-electron chi connectivity index (χ4n) is 2.55. The first-order chi connectivity index (χ1) is 8.85. The highest BCUT2D eigenvalue weighted by Crippen LogP contribution is 2.35. The average Bonchev–Trinajstić information content (AvgIpc) is 3.24. The molecule has 0 spiro atoms. The van der Waals surface area contributed by atoms with Crippen LogP contribution in [0.1, 0.15) is 38.2 Å². The predicted octanol–water partition coefficient (Wildman–Crippen LogP) is 3.41. The molecule has 18 heavy (non-hydrogen) atoms. The van der Waals surface area contributed by atoms with Crippen LogP contribution in [0.4, 0.5) is 0 Å². The molecule has 1 unspecified atom stereocenters. The lowest BCUT2D eigenvalue weighted by molar-refractivity contribution is 0.401. The molecule has 1 saturated carbocycles. The lowest BCUT2D eigenvalue weighted by Gasteiger charge is -2.18. The Kier molecular flexibility index (Phi) is 5.06. The van der Waals surface area contributed by atoms with Gasteiger partial charge < -0.3 is 10.1 Å². The van der Waals surface area contributed by atoms with Crippen molar-refractivity contribution in [2.75, 3.05) is 13.7 Å². The van der Waals surface area contributed by atoms with Crippen molar-refractivity contribution >= 4 is 0 Å². The highest BCUT2D eigenvalue weighted by atomic mass is 16.5. The number of nitrogens with one attached hydrogen (secondary N) is 1. The Morgan fingerprint density at radius 1 is 1.33 bits per heavy atom. The summed E-state index contributed by atoms with van der Waals surface area (Å²) in [7, 11) is 1.76. The number of methoxy groups -OCH3 is 1. The molecule has 1 aromatic rings. The number of benzene rings is 1. The first-order valence-electron chi connectivity index (χ1n) is 7.20. The van der Waals surface area contributed by atoms with Gasteiger partial charge in [0.2, 0.25) is 0 Å². The Hall–Kier alpha value is -1.02. The molecule has 1 N–H and O–H groups in total. The number of hydrogen-bond donors (Lipinski definition) is 1. The van der Waals surface area contributed by atoms with Gasteiger partial charge in [0.05, 0.1) is 7.11 Å². The van der Waals surface area contributed by atoms with Gasteiger partial charge in [-0.25, -0.2) is 0 Å². The van der Waals surface area contributed by atoms with E-state index in [0.717, 1.165) is 24.6 Å². The van der Waals surface area contributed by atoms with Crippen molar-refractivity contribution in [3.63, 3.8) is 0 Å².